The molecule has 0 saturated carbocycles. The molecule has 0 radical (unpaired) electrons. The second-order valence-corrected chi connectivity index (χ2v) is 10.2. The van der Waals surface area contributed by atoms with E-state index in [1.54, 1.807) is 23.6 Å². The normalized spacial score (nSPS) is 15.2. The summed E-state index contributed by atoms with van der Waals surface area (Å²) >= 11 is 3.43. The van der Waals surface area contributed by atoms with E-state index in [1.165, 1.54) is 19.1 Å². The fourth-order valence-electron chi connectivity index (χ4n) is 3.85. The van der Waals surface area contributed by atoms with Gasteiger partial charge in [0.1, 0.15) is 10.3 Å². The maximum Gasteiger partial charge on any atom is 0.343 e. The number of halogens is 1. The molecule has 32 heavy (non-hydrogen) atoms. The van der Waals surface area contributed by atoms with Crippen molar-refractivity contribution in [2.75, 3.05) is 13.2 Å². The van der Waals surface area contributed by atoms with Crippen molar-refractivity contribution >= 4 is 37.0 Å². The number of hydrogen-bond donors (Lipinski definition) is 0. The maximum atomic E-state index is 13.6. The number of fused-ring (bicyclic) bond motifs is 1. The number of pyridine rings is 1. The Morgan fingerprint density at radius 2 is 1.69 bits per heavy atom. The molecule has 1 fully saturated rings. The Balaban J connectivity index is 1.98. The number of benzene rings is 1. The summed E-state index contributed by atoms with van der Waals surface area (Å²) in [5, 5.41) is -0.0956. The van der Waals surface area contributed by atoms with Gasteiger partial charge in [0.25, 0.3) is 5.56 Å². The molecule has 10 heteroatoms. The van der Waals surface area contributed by atoms with E-state index in [0.29, 0.717) is 36.2 Å². The van der Waals surface area contributed by atoms with E-state index in [-0.39, 0.29) is 33.2 Å². The first-order valence-corrected chi connectivity index (χ1v) is 12.3. The lowest BCUT2D eigenvalue weighted by molar-refractivity contribution is 0.0682. The predicted octanol–water partition coefficient (Wildman–Crippen LogP) is 3.76. The van der Waals surface area contributed by atoms with Crippen LogP contribution in [0.15, 0.2) is 47.6 Å². The molecule has 2 aromatic heterocycles. The van der Waals surface area contributed by atoms with Crippen LogP contribution in [0.5, 0.6) is 5.75 Å². The maximum absolute atomic E-state index is 13.6. The molecule has 0 aliphatic carbocycles. The summed E-state index contributed by atoms with van der Waals surface area (Å²) in [6.07, 6.45) is 1.26. The third-order valence-corrected chi connectivity index (χ3v) is 7.83. The topological polar surface area (TPSA) is 105 Å². The zero-order chi connectivity index (χ0) is 23.2. The van der Waals surface area contributed by atoms with Gasteiger partial charge in [-0.1, -0.05) is 17.7 Å². The standard InChI is InChI=1S/C22H22BrNO7S/c1-12-4-6-16(7-5-12)32(27,28)31-19-13(2)22(26)30-20-17(19)21(25)24(14(3)18(20)23)15-8-10-29-11-9-15/h4-7,15H,8-11H2,1-3H3. The van der Waals surface area contributed by atoms with Gasteiger partial charge in [0, 0.05) is 24.9 Å². The smallest absolute Gasteiger partial charge is 0.343 e. The van der Waals surface area contributed by atoms with Crippen molar-refractivity contribution in [2.24, 2.45) is 0 Å². The van der Waals surface area contributed by atoms with E-state index in [2.05, 4.69) is 15.9 Å². The number of aryl methyl sites for hydroxylation is 1. The highest BCUT2D eigenvalue weighted by atomic mass is 79.9. The van der Waals surface area contributed by atoms with Gasteiger partial charge in [0.05, 0.1) is 10.0 Å². The average molecular weight is 524 g/mol. The summed E-state index contributed by atoms with van der Waals surface area (Å²) in [7, 11) is -4.30. The molecule has 3 heterocycles. The molecular weight excluding hydrogens is 502 g/mol. The second-order valence-electron chi connectivity index (χ2n) is 7.82. The van der Waals surface area contributed by atoms with Crippen LogP contribution in [0.2, 0.25) is 0 Å². The van der Waals surface area contributed by atoms with Crippen LogP contribution >= 0.6 is 15.9 Å². The molecule has 0 bridgehead atoms. The number of ether oxygens (including phenoxy) is 1. The van der Waals surface area contributed by atoms with Crippen molar-refractivity contribution in [3.63, 3.8) is 0 Å². The van der Waals surface area contributed by atoms with Crippen molar-refractivity contribution in [3.8, 4) is 5.75 Å². The molecule has 1 saturated heterocycles. The molecule has 1 aromatic carbocycles. The van der Waals surface area contributed by atoms with E-state index in [1.807, 2.05) is 6.92 Å². The van der Waals surface area contributed by atoms with Crippen LogP contribution in [0.3, 0.4) is 0 Å². The minimum Gasteiger partial charge on any atom is -0.421 e. The lowest BCUT2D eigenvalue weighted by Crippen LogP contribution is -2.32. The lowest BCUT2D eigenvalue weighted by atomic mass is 10.1. The number of nitrogens with zero attached hydrogens (tertiary/aromatic N) is 1. The van der Waals surface area contributed by atoms with Crippen LogP contribution in [0.4, 0.5) is 0 Å². The summed E-state index contributed by atoms with van der Waals surface area (Å²) in [6, 6.07) is 5.96. The van der Waals surface area contributed by atoms with Gasteiger partial charge < -0.3 is 17.9 Å². The molecule has 0 N–H and O–H groups in total. The molecule has 1 aliphatic heterocycles. The van der Waals surface area contributed by atoms with Crippen LogP contribution < -0.4 is 15.4 Å². The van der Waals surface area contributed by atoms with Crippen molar-refractivity contribution in [1.29, 1.82) is 0 Å². The van der Waals surface area contributed by atoms with Crippen molar-refractivity contribution in [3.05, 3.63) is 66.3 Å². The molecule has 4 rings (SSSR count). The molecule has 3 aromatic rings. The summed E-state index contributed by atoms with van der Waals surface area (Å²) in [4.78, 5) is 26.0. The highest BCUT2D eigenvalue weighted by molar-refractivity contribution is 9.10. The van der Waals surface area contributed by atoms with Crippen LogP contribution in [0.25, 0.3) is 11.0 Å². The Bertz CT molecular complexity index is 1420. The van der Waals surface area contributed by atoms with Gasteiger partial charge in [0.15, 0.2) is 11.3 Å². The van der Waals surface area contributed by atoms with E-state index in [0.717, 1.165) is 5.56 Å². The van der Waals surface area contributed by atoms with Crippen LogP contribution in [0, 0.1) is 20.8 Å². The van der Waals surface area contributed by atoms with Gasteiger partial charge in [-0.2, -0.15) is 8.42 Å². The van der Waals surface area contributed by atoms with E-state index in [4.69, 9.17) is 13.3 Å². The molecule has 0 amide bonds. The molecule has 0 spiro atoms. The minimum absolute atomic E-state index is 0.0412. The fraction of sp³-hybridized carbons (Fsp3) is 0.364. The van der Waals surface area contributed by atoms with E-state index in [9.17, 15) is 18.0 Å². The lowest BCUT2D eigenvalue weighted by Gasteiger charge is -2.27. The molecule has 170 valence electrons. The molecular formula is C22H22BrNO7S. The van der Waals surface area contributed by atoms with Crippen molar-refractivity contribution in [2.45, 2.75) is 44.6 Å². The molecule has 0 atom stereocenters. The van der Waals surface area contributed by atoms with Gasteiger partial charge in [-0.15, -0.1) is 0 Å². The molecule has 1 aliphatic rings. The van der Waals surface area contributed by atoms with Crippen molar-refractivity contribution < 1.29 is 21.8 Å². The monoisotopic (exact) mass is 523 g/mol. The Labute approximate surface area is 193 Å². The van der Waals surface area contributed by atoms with E-state index < -0.39 is 21.3 Å². The number of rotatable bonds is 4. The van der Waals surface area contributed by atoms with Gasteiger partial charge in [-0.05, 0) is 61.7 Å². The van der Waals surface area contributed by atoms with Gasteiger partial charge >= 0.3 is 15.7 Å². The van der Waals surface area contributed by atoms with Crippen LogP contribution in [-0.4, -0.2) is 26.2 Å². The third-order valence-electron chi connectivity index (χ3n) is 5.67. The Morgan fingerprint density at radius 3 is 2.31 bits per heavy atom. The Kier molecular flexibility index (Phi) is 6.04. The van der Waals surface area contributed by atoms with Gasteiger partial charge in [-0.25, -0.2) is 4.79 Å². The van der Waals surface area contributed by atoms with Crippen LogP contribution in [-0.2, 0) is 14.9 Å². The summed E-state index contributed by atoms with van der Waals surface area (Å²) in [5.74, 6) is -0.316. The number of aromatic nitrogens is 1. The molecule has 0 unspecified atom stereocenters. The molecule has 8 nitrogen and oxygen atoms in total. The highest BCUT2D eigenvalue weighted by Crippen LogP contribution is 2.35. The summed E-state index contributed by atoms with van der Waals surface area (Å²) in [5.41, 5.74) is 0.0574. The first-order chi connectivity index (χ1) is 15.1. The predicted molar refractivity (Wildman–Crippen MR) is 122 cm³/mol. The largest absolute Gasteiger partial charge is 0.421 e. The van der Waals surface area contributed by atoms with Crippen LogP contribution in [0.1, 0.15) is 35.7 Å². The third kappa shape index (κ3) is 3.91. The summed E-state index contributed by atoms with van der Waals surface area (Å²) < 4.78 is 44.2. The number of hydrogen-bond acceptors (Lipinski definition) is 7. The van der Waals surface area contributed by atoms with Crippen molar-refractivity contribution in [1.82, 2.24) is 4.57 Å². The zero-order valence-corrected chi connectivity index (χ0v) is 20.2. The summed E-state index contributed by atoms with van der Waals surface area (Å²) in [6.45, 7) is 5.97. The Hall–Kier alpha value is -2.43. The first-order valence-electron chi connectivity index (χ1n) is 10.1. The average Bonchev–Trinajstić information content (AvgIpc) is 2.76. The van der Waals surface area contributed by atoms with Gasteiger partial charge in [-0.3, -0.25) is 4.79 Å². The highest BCUT2D eigenvalue weighted by Gasteiger charge is 2.29. The Morgan fingerprint density at radius 1 is 1.06 bits per heavy atom. The quantitative estimate of drug-likeness (QED) is 0.479. The second kappa shape index (κ2) is 8.49. The zero-order valence-electron chi connectivity index (χ0n) is 17.8. The SMILES string of the molecule is Cc1ccc(S(=O)(=O)Oc2c(C)c(=O)oc3c(Br)c(C)n(C4CCOCC4)c(=O)c23)cc1. The van der Waals surface area contributed by atoms with E-state index >= 15 is 0 Å². The first kappa shape index (κ1) is 22.8. The fourth-order valence-corrected chi connectivity index (χ4v) is 5.31. The van der Waals surface area contributed by atoms with Gasteiger partial charge in [0.2, 0.25) is 0 Å². The minimum atomic E-state index is -4.30.